The molecule has 0 saturated carbocycles. The van der Waals surface area contributed by atoms with Gasteiger partial charge in [0, 0.05) is 24.7 Å². The van der Waals surface area contributed by atoms with Crippen molar-refractivity contribution >= 4 is 11.8 Å². The minimum absolute atomic E-state index is 0.0337. The Balaban J connectivity index is 2.69. The smallest absolute Gasteiger partial charge is 0.269 e. The second-order valence-electron chi connectivity index (χ2n) is 3.86. The van der Waals surface area contributed by atoms with Crippen molar-refractivity contribution in [2.24, 2.45) is 5.92 Å². The van der Waals surface area contributed by atoms with Crippen LogP contribution in [0.3, 0.4) is 0 Å². The zero-order chi connectivity index (χ0) is 12.8. The molecule has 0 radical (unpaired) electrons. The van der Waals surface area contributed by atoms with E-state index in [1.807, 2.05) is 0 Å². The van der Waals surface area contributed by atoms with Gasteiger partial charge in [0.25, 0.3) is 5.69 Å². The molecule has 0 aliphatic carbocycles. The van der Waals surface area contributed by atoms with Crippen molar-refractivity contribution in [3.05, 3.63) is 46.0 Å². The van der Waals surface area contributed by atoms with Crippen LogP contribution in [-0.4, -0.2) is 27.8 Å². The van der Waals surface area contributed by atoms with Crippen molar-refractivity contribution in [3.8, 4) is 0 Å². The highest BCUT2D eigenvalue weighted by Gasteiger charge is 2.09. The van der Waals surface area contributed by atoms with E-state index < -0.39 is 11.0 Å². The molecular formula is C12H15NO4. The molecule has 0 saturated heterocycles. The molecule has 2 N–H and O–H groups in total. The molecule has 0 amide bonds. The first-order chi connectivity index (χ1) is 8.04. The molecule has 2 atom stereocenters. The molecular weight excluding hydrogens is 222 g/mol. The van der Waals surface area contributed by atoms with Gasteiger partial charge >= 0.3 is 0 Å². The fourth-order valence-electron chi connectivity index (χ4n) is 1.21. The van der Waals surface area contributed by atoms with Crippen molar-refractivity contribution in [1.29, 1.82) is 0 Å². The molecule has 92 valence electrons. The molecule has 1 aromatic rings. The van der Waals surface area contributed by atoms with E-state index in [0.29, 0.717) is 0 Å². The number of hydrogen-bond donors (Lipinski definition) is 2. The predicted octanol–water partition coefficient (Wildman–Crippen LogP) is 1.60. The highest BCUT2D eigenvalue weighted by molar-refractivity contribution is 5.52. The Morgan fingerprint density at radius 3 is 2.47 bits per heavy atom. The second kappa shape index (κ2) is 6.12. The highest BCUT2D eigenvalue weighted by atomic mass is 16.6. The van der Waals surface area contributed by atoms with E-state index in [0.717, 1.165) is 5.56 Å². The molecule has 0 aromatic heterocycles. The van der Waals surface area contributed by atoms with Gasteiger partial charge < -0.3 is 10.2 Å². The molecule has 17 heavy (non-hydrogen) atoms. The third-order valence-electron chi connectivity index (χ3n) is 2.46. The molecule has 0 aliphatic rings. The SMILES string of the molecule is C[C@@H](CO)[C@H](O)/C=C/c1ccc([N+](=O)[O-])cc1. The third-order valence-corrected chi connectivity index (χ3v) is 2.46. The Hall–Kier alpha value is -1.72. The number of nitro benzene ring substituents is 1. The lowest BCUT2D eigenvalue weighted by Gasteiger charge is -2.11. The van der Waals surface area contributed by atoms with E-state index in [1.165, 1.54) is 12.1 Å². The summed E-state index contributed by atoms with van der Waals surface area (Å²) in [6.07, 6.45) is 2.50. The molecule has 0 spiro atoms. The summed E-state index contributed by atoms with van der Waals surface area (Å²) in [4.78, 5) is 9.96. The average molecular weight is 237 g/mol. The summed E-state index contributed by atoms with van der Waals surface area (Å²) in [5, 5.41) is 28.8. The van der Waals surface area contributed by atoms with Gasteiger partial charge in [0.2, 0.25) is 0 Å². The van der Waals surface area contributed by atoms with E-state index in [9.17, 15) is 15.2 Å². The van der Waals surface area contributed by atoms with E-state index in [1.54, 1.807) is 31.2 Å². The fraction of sp³-hybridized carbons (Fsp3) is 0.333. The first-order valence-corrected chi connectivity index (χ1v) is 5.26. The Kier molecular flexibility index (Phi) is 4.81. The summed E-state index contributed by atoms with van der Waals surface area (Å²) in [6, 6.07) is 6.01. The number of aliphatic hydroxyl groups is 2. The summed E-state index contributed by atoms with van der Waals surface area (Å²) < 4.78 is 0. The van der Waals surface area contributed by atoms with Crippen molar-refractivity contribution in [2.45, 2.75) is 13.0 Å². The number of benzene rings is 1. The molecule has 0 unspecified atom stereocenters. The van der Waals surface area contributed by atoms with Gasteiger partial charge in [0.05, 0.1) is 11.0 Å². The van der Waals surface area contributed by atoms with Gasteiger partial charge in [-0.2, -0.15) is 0 Å². The van der Waals surface area contributed by atoms with E-state index in [4.69, 9.17) is 5.11 Å². The van der Waals surface area contributed by atoms with Gasteiger partial charge in [-0.1, -0.05) is 19.1 Å². The number of rotatable bonds is 5. The van der Waals surface area contributed by atoms with Crippen LogP contribution in [-0.2, 0) is 0 Å². The maximum absolute atomic E-state index is 10.4. The Morgan fingerprint density at radius 1 is 1.41 bits per heavy atom. The van der Waals surface area contributed by atoms with Crippen LogP contribution in [0.1, 0.15) is 12.5 Å². The van der Waals surface area contributed by atoms with Crippen molar-refractivity contribution < 1.29 is 15.1 Å². The standard InChI is InChI=1S/C12H15NO4/c1-9(8-14)12(15)7-4-10-2-5-11(6-3-10)13(16)17/h2-7,9,12,14-15H,8H2,1H3/b7-4+/t9-,12+/m0/s1. The van der Waals surface area contributed by atoms with Crippen molar-refractivity contribution in [3.63, 3.8) is 0 Å². The van der Waals surface area contributed by atoms with Gasteiger partial charge in [0.1, 0.15) is 0 Å². The van der Waals surface area contributed by atoms with Crippen LogP contribution >= 0.6 is 0 Å². The first kappa shape index (κ1) is 13.3. The largest absolute Gasteiger partial charge is 0.396 e. The maximum Gasteiger partial charge on any atom is 0.269 e. The van der Waals surface area contributed by atoms with E-state index in [2.05, 4.69) is 0 Å². The molecule has 0 bridgehead atoms. The number of aliphatic hydroxyl groups excluding tert-OH is 2. The molecule has 0 aliphatic heterocycles. The van der Waals surface area contributed by atoms with Crippen LogP contribution in [0.15, 0.2) is 30.3 Å². The number of nitro groups is 1. The highest BCUT2D eigenvalue weighted by Crippen LogP contribution is 2.13. The number of nitrogens with zero attached hydrogens (tertiary/aromatic N) is 1. The zero-order valence-electron chi connectivity index (χ0n) is 9.48. The van der Waals surface area contributed by atoms with Crippen LogP contribution < -0.4 is 0 Å². The van der Waals surface area contributed by atoms with Gasteiger partial charge in [-0.15, -0.1) is 0 Å². The lowest BCUT2D eigenvalue weighted by Crippen LogP contribution is -2.17. The summed E-state index contributed by atoms with van der Waals surface area (Å²) in [6.45, 7) is 1.64. The molecule has 5 heteroatoms. The molecule has 0 fully saturated rings. The predicted molar refractivity (Wildman–Crippen MR) is 64.4 cm³/mol. The third kappa shape index (κ3) is 3.97. The normalized spacial score (nSPS) is 14.8. The maximum atomic E-state index is 10.4. The summed E-state index contributed by atoms with van der Waals surface area (Å²) in [7, 11) is 0. The van der Waals surface area contributed by atoms with Gasteiger partial charge in [0.15, 0.2) is 0 Å². The van der Waals surface area contributed by atoms with Crippen LogP contribution in [0.5, 0.6) is 0 Å². The van der Waals surface area contributed by atoms with Crippen molar-refractivity contribution in [2.75, 3.05) is 6.61 Å². The zero-order valence-corrected chi connectivity index (χ0v) is 9.48. The Labute approximate surface area is 99.2 Å². The average Bonchev–Trinajstić information content (AvgIpc) is 2.35. The topological polar surface area (TPSA) is 83.6 Å². The van der Waals surface area contributed by atoms with Crippen LogP contribution in [0.25, 0.3) is 6.08 Å². The number of non-ortho nitro benzene ring substituents is 1. The van der Waals surface area contributed by atoms with E-state index in [-0.39, 0.29) is 18.2 Å². The summed E-state index contributed by atoms with van der Waals surface area (Å²) in [5.41, 5.74) is 0.797. The fourth-order valence-corrected chi connectivity index (χ4v) is 1.21. The second-order valence-corrected chi connectivity index (χ2v) is 3.86. The minimum atomic E-state index is -0.727. The van der Waals surface area contributed by atoms with Crippen LogP contribution in [0.4, 0.5) is 5.69 Å². The van der Waals surface area contributed by atoms with Gasteiger partial charge in [-0.25, -0.2) is 0 Å². The minimum Gasteiger partial charge on any atom is -0.396 e. The summed E-state index contributed by atoms with van der Waals surface area (Å²) in [5.74, 6) is -0.232. The lowest BCUT2D eigenvalue weighted by atomic mass is 10.0. The van der Waals surface area contributed by atoms with E-state index >= 15 is 0 Å². The lowest BCUT2D eigenvalue weighted by molar-refractivity contribution is -0.384. The molecule has 1 aromatic carbocycles. The van der Waals surface area contributed by atoms with Crippen LogP contribution in [0.2, 0.25) is 0 Å². The first-order valence-electron chi connectivity index (χ1n) is 5.26. The van der Waals surface area contributed by atoms with Crippen molar-refractivity contribution in [1.82, 2.24) is 0 Å². The summed E-state index contributed by atoms with van der Waals surface area (Å²) >= 11 is 0. The Bertz CT molecular complexity index is 399. The Morgan fingerprint density at radius 2 is 2.00 bits per heavy atom. The molecule has 5 nitrogen and oxygen atoms in total. The molecule has 1 rings (SSSR count). The number of hydrogen-bond acceptors (Lipinski definition) is 4. The molecule has 0 heterocycles. The van der Waals surface area contributed by atoms with Crippen LogP contribution in [0, 0.1) is 16.0 Å². The van der Waals surface area contributed by atoms with Gasteiger partial charge in [-0.3, -0.25) is 10.1 Å². The van der Waals surface area contributed by atoms with Gasteiger partial charge in [-0.05, 0) is 17.7 Å². The quantitative estimate of drug-likeness (QED) is 0.601. The monoisotopic (exact) mass is 237 g/mol.